The quantitative estimate of drug-likeness (QED) is 0.374. The van der Waals surface area contributed by atoms with Crippen LogP contribution in [0.25, 0.3) is 11.1 Å². The van der Waals surface area contributed by atoms with E-state index >= 15 is 0 Å². The van der Waals surface area contributed by atoms with Crippen LogP contribution in [0.2, 0.25) is 0 Å². The maximum Gasteiger partial charge on any atom is 0.0434 e. The second-order valence-corrected chi connectivity index (χ2v) is 9.36. The molecule has 30 heavy (non-hydrogen) atoms. The first-order valence-corrected chi connectivity index (χ1v) is 12.6. The Labute approximate surface area is 184 Å². The largest absolute Gasteiger partial charge is 0.396 e. The van der Waals surface area contributed by atoms with Gasteiger partial charge in [0.05, 0.1) is 0 Å². The Hall–Kier alpha value is -1.60. The summed E-state index contributed by atoms with van der Waals surface area (Å²) in [5.41, 5.74) is 7.01. The second-order valence-electron chi connectivity index (χ2n) is 9.36. The maximum absolute atomic E-state index is 9.09. The second kappa shape index (κ2) is 12.3. The fourth-order valence-electron chi connectivity index (χ4n) is 5.24. The first-order chi connectivity index (χ1) is 14.7. The molecule has 1 aliphatic rings. The number of rotatable bonds is 11. The number of benzene rings is 2. The Morgan fingerprint density at radius 1 is 0.833 bits per heavy atom. The lowest BCUT2D eigenvalue weighted by Gasteiger charge is -2.29. The molecular weight excluding hydrogens is 364 g/mol. The molecule has 2 aromatic carbocycles. The fourth-order valence-corrected chi connectivity index (χ4v) is 5.24. The molecule has 0 aromatic heterocycles. The van der Waals surface area contributed by atoms with E-state index in [1.165, 1.54) is 80.0 Å². The third kappa shape index (κ3) is 6.45. The van der Waals surface area contributed by atoms with E-state index in [2.05, 4.69) is 56.3 Å². The summed E-state index contributed by atoms with van der Waals surface area (Å²) in [6.45, 7) is 4.81. The van der Waals surface area contributed by atoms with Crippen LogP contribution in [0.15, 0.2) is 42.5 Å². The highest BCUT2D eigenvalue weighted by Gasteiger charge is 2.22. The van der Waals surface area contributed by atoms with Gasteiger partial charge in [-0.25, -0.2) is 0 Å². The third-order valence-corrected chi connectivity index (χ3v) is 7.18. The van der Waals surface area contributed by atoms with E-state index in [-0.39, 0.29) is 6.61 Å². The smallest absolute Gasteiger partial charge is 0.0434 e. The van der Waals surface area contributed by atoms with Crippen molar-refractivity contribution in [3.8, 4) is 11.1 Å². The zero-order valence-electron chi connectivity index (χ0n) is 19.3. The molecule has 1 heteroatoms. The number of aliphatic hydroxyl groups is 1. The molecule has 164 valence electrons. The van der Waals surface area contributed by atoms with Crippen LogP contribution in [0.5, 0.6) is 0 Å². The van der Waals surface area contributed by atoms with E-state index in [0.29, 0.717) is 0 Å². The van der Waals surface area contributed by atoms with Crippen LogP contribution in [0.4, 0.5) is 0 Å². The van der Waals surface area contributed by atoms with Gasteiger partial charge in [0.1, 0.15) is 0 Å². The lowest BCUT2D eigenvalue weighted by molar-refractivity contribution is 0.288. The monoisotopic (exact) mass is 406 g/mol. The molecule has 1 fully saturated rings. The summed E-state index contributed by atoms with van der Waals surface area (Å²) in [5.74, 6) is 1.74. The van der Waals surface area contributed by atoms with Crippen LogP contribution in [0.1, 0.15) is 101 Å². The van der Waals surface area contributed by atoms with Crippen molar-refractivity contribution in [2.45, 2.75) is 96.8 Å². The number of hydrogen-bond acceptors (Lipinski definition) is 1. The maximum atomic E-state index is 9.09. The number of hydrogen-bond donors (Lipinski definition) is 1. The van der Waals surface area contributed by atoms with Crippen molar-refractivity contribution in [3.05, 3.63) is 59.2 Å². The predicted molar refractivity (Wildman–Crippen MR) is 130 cm³/mol. The zero-order chi connectivity index (χ0) is 21.2. The Morgan fingerprint density at radius 3 is 2.27 bits per heavy atom. The Balaban J connectivity index is 1.58. The summed E-state index contributed by atoms with van der Waals surface area (Å²) in [4.78, 5) is 0. The normalized spacial score (nSPS) is 19.2. The van der Waals surface area contributed by atoms with Gasteiger partial charge in [-0.3, -0.25) is 0 Å². The van der Waals surface area contributed by atoms with Gasteiger partial charge in [0.15, 0.2) is 0 Å². The molecule has 0 spiro atoms. The predicted octanol–water partition coefficient (Wildman–Crippen LogP) is 8.09. The standard InChI is InChI=1S/C29H42O/c1-3-5-6-7-9-23-11-14-26(15-12-23)27-16-18-28(19-17-27)29-20-13-24(10-8-21-30)22-25(29)4-2/h13,16-20,22-23,26,30H,3-12,14-15,21H2,1-2H3. The number of aryl methyl sites for hydroxylation is 2. The molecule has 0 unspecified atom stereocenters. The average molecular weight is 407 g/mol. The molecule has 1 aliphatic carbocycles. The van der Waals surface area contributed by atoms with Gasteiger partial charge in [-0.15, -0.1) is 0 Å². The van der Waals surface area contributed by atoms with Crippen LogP contribution in [0, 0.1) is 5.92 Å². The van der Waals surface area contributed by atoms with E-state index in [0.717, 1.165) is 31.1 Å². The molecule has 0 heterocycles. The Kier molecular flexibility index (Phi) is 9.46. The number of aliphatic hydroxyl groups excluding tert-OH is 1. The van der Waals surface area contributed by atoms with Gasteiger partial charge in [-0.2, -0.15) is 0 Å². The molecule has 0 saturated heterocycles. The van der Waals surface area contributed by atoms with Crippen molar-refractivity contribution in [1.29, 1.82) is 0 Å². The van der Waals surface area contributed by atoms with Crippen molar-refractivity contribution in [1.82, 2.24) is 0 Å². The molecule has 1 nitrogen and oxygen atoms in total. The third-order valence-electron chi connectivity index (χ3n) is 7.18. The molecule has 2 aromatic rings. The minimum Gasteiger partial charge on any atom is -0.396 e. The van der Waals surface area contributed by atoms with Crippen molar-refractivity contribution < 1.29 is 5.11 Å². The zero-order valence-corrected chi connectivity index (χ0v) is 19.3. The van der Waals surface area contributed by atoms with Crippen LogP contribution in [-0.2, 0) is 12.8 Å². The Bertz CT molecular complexity index is 737. The van der Waals surface area contributed by atoms with E-state index in [4.69, 9.17) is 5.11 Å². The van der Waals surface area contributed by atoms with Crippen LogP contribution >= 0.6 is 0 Å². The molecular formula is C29H42O. The van der Waals surface area contributed by atoms with Crippen molar-refractivity contribution in [2.24, 2.45) is 5.92 Å². The van der Waals surface area contributed by atoms with Gasteiger partial charge in [0.2, 0.25) is 0 Å². The summed E-state index contributed by atoms with van der Waals surface area (Å²) in [7, 11) is 0. The highest BCUT2D eigenvalue weighted by atomic mass is 16.2. The molecule has 0 aliphatic heterocycles. The summed E-state index contributed by atoms with van der Waals surface area (Å²) in [6.07, 6.45) is 15.5. The van der Waals surface area contributed by atoms with Crippen molar-refractivity contribution in [2.75, 3.05) is 6.61 Å². The first-order valence-electron chi connectivity index (χ1n) is 12.6. The minimum absolute atomic E-state index is 0.269. The lowest BCUT2D eigenvalue weighted by Crippen LogP contribution is -2.13. The van der Waals surface area contributed by atoms with E-state index < -0.39 is 0 Å². The summed E-state index contributed by atoms with van der Waals surface area (Å²) < 4.78 is 0. The van der Waals surface area contributed by atoms with E-state index in [1.54, 1.807) is 5.56 Å². The van der Waals surface area contributed by atoms with Gasteiger partial charge in [-0.1, -0.05) is 88.4 Å². The van der Waals surface area contributed by atoms with Gasteiger partial charge in [0.25, 0.3) is 0 Å². The summed E-state index contributed by atoms with van der Waals surface area (Å²) >= 11 is 0. The van der Waals surface area contributed by atoms with Crippen LogP contribution in [-0.4, -0.2) is 11.7 Å². The van der Waals surface area contributed by atoms with E-state index in [9.17, 15) is 0 Å². The van der Waals surface area contributed by atoms with Gasteiger partial charge in [-0.05, 0) is 84.6 Å². The van der Waals surface area contributed by atoms with Gasteiger partial charge < -0.3 is 5.11 Å². The van der Waals surface area contributed by atoms with Gasteiger partial charge in [0, 0.05) is 6.61 Å². The molecule has 0 bridgehead atoms. The van der Waals surface area contributed by atoms with E-state index in [1.807, 2.05) is 0 Å². The molecule has 0 radical (unpaired) electrons. The SMILES string of the molecule is CCCCCCC1CCC(c2ccc(-c3ccc(CCCO)cc3CC)cc2)CC1. The minimum atomic E-state index is 0.269. The fraction of sp³-hybridized carbons (Fsp3) is 0.586. The topological polar surface area (TPSA) is 20.2 Å². The van der Waals surface area contributed by atoms with Crippen LogP contribution < -0.4 is 0 Å². The molecule has 3 rings (SSSR count). The van der Waals surface area contributed by atoms with Crippen molar-refractivity contribution >= 4 is 0 Å². The molecule has 0 amide bonds. The summed E-state index contributed by atoms with van der Waals surface area (Å²) in [6, 6.07) is 16.3. The average Bonchev–Trinajstić information content (AvgIpc) is 2.81. The Morgan fingerprint density at radius 2 is 1.60 bits per heavy atom. The highest BCUT2D eigenvalue weighted by Crippen LogP contribution is 2.38. The van der Waals surface area contributed by atoms with Gasteiger partial charge >= 0.3 is 0 Å². The highest BCUT2D eigenvalue weighted by molar-refractivity contribution is 5.68. The molecule has 1 saturated carbocycles. The lowest BCUT2D eigenvalue weighted by atomic mass is 9.77. The van der Waals surface area contributed by atoms with Crippen LogP contribution in [0.3, 0.4) is 0 Å². The molecule has 0 atom stereocenters. The number of unbranched alkanes of at least 4 members (excludes halogenated alkanes) is 3. The first kappa shape index (κ1) is 23.1. The van der Waals surface area contributed by atoms with Crippen molar-refractivity contribution in [3.63, 3.8) is 0 Å². The summed E-state index contributed by atoms with van der Waals surface area (Å²) in [5, 5.41) is 9.09. The molecule has 1 N–H and O–H groups in total.